The summed E-state index contributed by atoms with van der Waals surface area (Å²) in [6, 6.07) is 7.91. The summed E-state index contributed by atoms with van der Waals surface area (Å²) in [6.45, 7) is 2.16. The van der Waals surface area contributed by atoms with Gasteiger partial charge in [0.2, 0.25) is 0 Å². The smallest absolute Gasteiger partial charge is 0.123 e. The zero-order chi connectivity index (χ0) is 9.97. The highest BCUT2D eigenvalue weighted by Crippen LogP contribution is 2.25. The van der Waals surface area contributed by atoms with E-state index in [0.717, 1.165) is 6.42 Å². The molecule has 1 unspecified atom stereocenters. The van der Waals surface area contributed by atoms with Crippen LogP contribution < -0.4 is 5.32 Å². The number of rotatable bonds is 4. The lowest BCUT2D eigenvalue weighted by Crippen LogP contribution is -2.22. The van der Waals surface area contributed by atoms with Crippen LogP contribution in [0.3, 0.4) is 0 Å². The number of benzene rings is 1. The molecule has 0 bridgehead atoms. The van der Waals surface area contributed by atoms with Crippen molar-refractivity contribution in [3.63, 3.8) is 0 Å². The predicted molar refractivity (Wildman–Crippen MR) is 55.6 cm³/mol. The maximum absolute atomic E-state index is 12.7. The van der Waals surface area contributed by atoms with E-state index in [0.29, 0.717) is 12.1 Å². The van der Waals surface area contributed by atoms with Crippen LogP contribution in [0.15, 0.2) is 24.3 Å². The Balaban J connectivity index is 2.05. The van der Waals surface area contributed by atoms with E-state index < -0.39 is 0 Å². The quantitative estimate of drug-likeness (QED) is 0.775. The third kappa shape index (κ3) is 2.32. The van der Waals surface area contributed by atoms with Crippen molar-refractivity contribution in [3.8, 4) is 0 Å². The van der Waals surface area contributed by atoms with Crippen LogP contribution >= 0.6 is 0 Å². The van der Waals surface area contributed by atoms with Crippen LogP contribution in [-0.2, 0) is 0 Å². The monoisotopic (exact) mass is 193 g/mol. The molecule has 1 aromatic carbocycles. The first kappa shape index (κ1) is 9.66. The molecule has 0 radical (unpaired) electrons. The van der Waals surface area contributed by atoms with Crippen LogP contribution in [0.5, 0.6) is 0 Å². The van der Waals surface area contributed by atoms with Crippen LogP contribution in [0.25, 0.3) is 0 Å². The molecule has 1 nitrogen and oxygen atoms in total. The normalized spacial score (nSPS) is 18.1. The lowest BCUT2D eigenvalue weighted by molar-refractivity contribution is 0.515. The molecule has 0 aromatic heterocycles. The molecule has 0 spiro atoms. The number of hydrogen-bond acceptors (Lipinski definition) is 1. The van der Waals surface area contributed by atoms with Crippen LogP contribution in [0.2, 0.25) is 0 Å². The summed E-state index contributed by atoms with van der Waals surface area (Å²) in [4.78, 5) is 0. The molecule has 76 valence electrons. The van der Waals surface area contributed by atoms with E-state index in [2.05, 4.69) is 12.2 Å². The minimum Gasteiger partial charge on any atom is -0.307 e. The van der Waals surface area contributed by atoms with Crippen LogP contribution in [0.1, 0.15) is 37.8 Å². The number of hydrogen-bond donors (Lipinski definition) is 1. The fourth-order valence-electron chi connectivity index (χ4n) is 1.68. The average Bonchev–Trinajstić information content (AvgIpc) is 3.00. The molecule has 14 heavy (non-hydrogen) atoms. The molecule has 1 atom stereocenters. The van der Waals surface area contributed by atoms with Gasteiger partial charge in [-0.15, -0.1) is 0 Å². The van der Waals surface area contributed by atoms with E-state index in [1.807, 2.05) is 12.1 Å². The molecule has 1 aliphatic carbocycles. The van der Waals surface area contributed by atoms with E-state index in [4.69, 9.17) is 0 Å². The summed E-state index contributed by atoms with van der Waals surface area (Å²) < 4.78 is 12.7. The Hall–Kier alpha value is -0.890. The van der Waals surface area contributed by atoms with Crippen LogP contribution in [0.4, 0.5) is 4.39 Å². The van der Waals surface area contributed by atoms with Gasteiger partial charge in [0.1, 0.15) is 5.82 Å². The standard InChI is InChI=1S/C12H16FN/c1-2-12(14-11-7-8-11)9-3-5-10(13)6-4-9/h3-6,11-12,14H,2,7-8H2,1H3. The van der Waals surface area contributed by atoms with Crippen molar-refractivity contribution in [3.05, 3.63) is 35.6 Å². The van der Waals surface area contributed by atoms with Gasteiger partial charge in [-0.05, 0) is 37.0 Å². The van der Waals surface area contributed by atoms with Gasteiger partial charge in [-0.2, -0.15) is 0 Å². The van der Waals surface area contributed by atoms with Gasteiger partial charge < -0.3 is 5.32 Å². The molecule has 0 heterocycles. The number of halogens is 1. The fourth-order valence-corrected chi connectivity index (χ4v) is 1.68. The predicted octanol–water partition coefficient (Wildman–Crippen LogP) is 3.03. The van der Waals surface area contributed by atoms with Crippen molar-refractivity contribution in [1.29, 1.82) is 0 Å². The molecule has 1 N–H and O–H groups in total. The summed E-state index contributed by atoms with van der Waals surface area (Å²) >= 11 is 0. The molecule has 0 amide bonds. The molecule has 2 heteroatoms. The Morgan fingerprint density at radius 3 is 2.50 bits per heavy atom. The van der Waals surface area contributed by atoms with Crippen molar-refractivity contribution in [1.82, 2.24) is 5.32 Å². The van der Waals surface area contributed by atoms with Crippen LogP contribution in [0, 0.1) is 5.82 Å². The lowest BCUT2D eigenvalue weighted by Gasteiger charge is -2.16. The largest absolute Gasteiger partial charge is 0.307 e. The summed E-state index contributed by atoms with van der Waals surface area (Å²) in [5.41, 5.74) is 1.20. The molecular formula is C12H16FN. The van der Waals surface area contributed by atoms with Crippen LogP contribution in [-0.4, -0.2) is 6.04 Å². The highest BCUT2D eigenvalue weighted by Gasteiger charge is 2.24. The van der Waals surface area contributed by atoms with Gasteiger partial charge in [0.05, 0.1) is 0 Å². The molecule has 1 aliphatic rings. The Morgan fingerprint density at radius 1 is 1.36 bits per heavy atom. The second kappa shape index (κ2) is 4.09. The van der Waals surface area contributed by atoms with Gasteiger partial charge in [0.25, 0.3) is 0 Å². The van der Waals surface area contributed by atoms with E-state index in [1.165, 1.54) is 30.5 Å². The fraction of sp³-hybridized carbons (Fsp3) is 0.500. The first-order valence-electron chi connectivity index (χ1n) is 5.31. The van der Waals surface area contributed by atoms with E-state index >= 15 is 0 Å². The zero-order valence-electron chi connectivity index (χ0n) is 8.46. The summed E-state index contributed by atoms with van der Waals surface area (Å²) in [6.07, 6.45) is 3.64. The second-order valence-corrected chi connectivity index (χ2v) is 3.95. The topological polar surface area (TPSA) is 12.0 Å². The average molecular weight is 193 g/mol. The van der Waals surface area contributed by atoms with Crippen molar-refractivity contribution in [2.24, 2.45) is 0 Å². The van der Waals surface area contributed by atoms with Crippen molar-refractivity contribution < 1.29 is 4.39 Å². The molecule has 2 rings (SSSR count). The van der Waals surface area contributed by atoms with E-state index in [1.54, 1.807) is 0 Å². The first-order chi connectivity index (χ1) is 6.79. The lowest BCUT2D eigenvalue weighted by atomic mass is 10.0. The molecule has 1 aromatic rings. The summed E-state index contributed by atoms with van der Waals surface area (Å²) in [5.74, 6) is -0.157. The van der Waals surface area contributed by atoms with Gasteiger partial charge in [0, 0.05) is 12.1 Å². The summed E-state index contributed by atoms with van der Waals surface area (Å²) in [7, 11) is 0. The molecule has 1 fully saturated rings. The summed E-state index contributed by atoms with van der Waals surface area (Å²) in [5, 5.41) is 3.55. The van der Waals surface area contributed by atoms with Crippen molar-refractivity contribution >= 4 is 0 Å². The zero-order valence-corrected chi connectivity index (χ0v) is 8.46. The van der Waals surface area contributed by atoms with Gasteiger partial charge in [-0.3, -0.25) is 0 Å². The van der Waals surface area contributed by atoms with E-state index in [9.17, 15) is 4.39 Å². The van der Waals surface area contributed by atoms with Gasteiger partial charge in [0.15, 0.2) is 0 Å². The molecule has 0 saturated heterocycles. The molecule has 0 aliphatic heterocycles. The Kier molecular flexibility index (Phi) is 2.82. The Labute approximate surface area is 84.3 Å². The highest BCUT2D eigenvalue weighted by atomic mass is 19.1. The third-order valence-corrected chi connectivity index (χ3v) is 2.69. The Morgan fingerprint density at radius 2 is 2.00 bits per heavy atom. The third-order valence-electron chi connectivity index (χ3n) is 2.69. The first-order valence-corrected chi connectivity index (χ1v) is 5.31. The van der Waals surface area contributed by atoms with Gasteiger partial charge in [-0.25, -0.2) is 4.39 Å². The Bertz CT molecular complexity index is 290. The van der Waals surface area contributed by atoms with Crippen molar-refractivity contribution in [2.75, 3.05) is 0 Å². The minimum atomic E-state index is -0.157. The van der Waals surface area contributed by atoms with Crippen molar-refractivity contribution in [2.45, 2.75) is 38.3 Å². The SMILES string of the molecule is CCC(NC1CC1)c1ccc(F)cc1. The van der Waals surface area contributed by atoms with Gasteiger partial charge in [-0.1, -0.05) is 19.1 Å². The molecule has 1 saturated carbocycles. The van der Waals surface area contributed by atoms with Gasteiger partial charge >= 0.3 is 0 Å². The highest BCUT2D eigenvalue weighted by molar-refractivity contribution is 5.20. The maximum atomic E-state index is 12.7. The minimum absolute atomic E-state index is 0.157. The number of nitrogens with one attached hydrogen (secondary N) is 1. The molecular weight excluding hydrogens is 177 g/mol. The van der Waals surface area contributed by atoms with E-state index in [-0.39, 0.29) is 5.82 Å². The second-order valence-electron chi connectivity index (χ2n) is 3.95. The maximum Gasteiger partial charge on any atom is 0.123 e.